The van der Waals surface area contributed by atoms with Gasteiger partial charge in [0.25, 0.3) is 0 Å². The summed E-state index contributed by atoms with van der Waals surface area (Å²) in [6, 6.07) is 7.95. The van der Waals surface area contributed by atoms with Gasteiger partial charge in [0.2, 0.25) is 0 Å². The van der Waals surface area contributed by atoms with Gasteiger partial charge in [-0.3, -0.25) is 4.99 Å². The molecule has 2 N–H and O–H groups in total. The SMILES string of the molecule is C=CCCOCCN=C(N)N1CCN(c2ccc(Cl)cc2)CC1.I. The van der Waals surface area contributed by atoms with E-state index in [0.29, 0.717) is 25.7 Å². The molecule has 0 spiro atoms. The molecule has 0 aliphatic carbocycles. The van der Waals surface area contributed by atoms with Crippen LogP contribution in [0.3, 0.4) is 0 Å². The van der Waals surface area contributed by atoms with E-state index >= 15 is 0 Å². The zero-order valence-electron chi connectivity index (χ0n) is 13.9. The second kappa shape index (κ2) is 11.5. The molecule has 1 saturated heterocycles. The maximum atomic E-state index is 6.06. The predicted molar refractivity (Wildman–Crippen MR) is 113 cm³/mol. The Balaban J connectivity index is 0.00000288. The fourth-order valence-corrected chi connectivity index (χ4v) is 2.57. The summed E-state index contributed by atoms with van der Waals surface area (Å²) in [5, 5.41) is 0.763. The number of rotatable bonds is 7. The maximum Gasteiger partial charge on any atom is 0.191 e. The van der Waals surface area contributed by atoms with Crippen molar-refractivity contribution in [1.82, 2.24) is 4.90 Å². The zero-order valence-corrected chi connectivity index (χ0v) is 17.0. The van der Waals surface area contributed by atoms with E-state index in [1.807, 2.05) is 18.2 Å². The molecule has 1 aliphatic rings. The molecule has 24 heavy (non-hydrogen) atoms. The molecular weight excluding hydrogens is 439 g/mol. The summed E-state index contributed by atoms with van der Waals surface area (Å²) in [6.45, 7) is 9.13. The lowest BCUT2D eigenvalue weighted by molar-refractivity contribution is 0.146. The largest absolute Gasteiger partial charge is 0.379 e. The van der Waals surface area contributed by atoms with E-state index in [-0.39, 0.29) is 24.0 Å². The Kier molecular flexibility index (Phi) is 10.1. The van der Waals surface area contributed by atoms with Crippen LogP contribution in [0.5, 0.6) is 0 Å². The number of benzene rings is 1. The van der Waals surface area contributed by atoms with Gasteiger partial charge in [-0.25, -0.2) is 0 Å². The van der Waals surface area contributed by atoms with Crippen LogP contribution in [-0.2, 0) is 4.74 Å². The van der Waals surface area contributed by atoms with Crippen LogP contribution in [0, 0.1) is 0 Å². The van der Waals surface area contributed by atoms with E-state index in [1.54, 1.807) is 0 Å². The van der Waals surface area contributed by atoms with Crippen molar-refractivity contribution >= 4 is 47.2 Å². The molecule has 0 amide bonds. The van der Waals surface area contributed by atoms with Crippen molar-refractivity contribution in [3.63, 3.8) is 0 Å². The minimum Gasteiger partial charge on any atom is -0.379 e. The molecule has 1 aromatic carbocycles. The number of nitrogens with zero attached hydrogens (tertiary/aromatic N) is 3. The Morgan fingerprint density at radius 1 is 1.21 bits per heavy atom. The summed E-state index contributed by atoms with van der Waals surface area (Å²) in [7, 11) is 0. The minimum absolute atomic E-state index is 0. The lowest BCUT2D eigenvalue weighted by Crippen LogP contribution is -2.51. The monoisotopic (exact) mass is 464 g/mol. The molecule has 1 heterocycles. The van der Waals surface area contributed by atoms with Gasteiger partial charge in [-0.1, -0.05) is 17.7 Å². The van der Waals surface area contributed by atoms with Crippen LogP contribution in [0.4, 0.5) is 5.69 Å². The van der Waals surface area contributed by atoms with Gasteiger partial charge in [-0.2, -0.15) is 0 Å². The number of anilines is 1. The summed E-state index contributed by atoms with van der Waals surface area (Å²) in [5.41, 5.74) is 7.26. The smallest absolute Gasteiger partial charge is 0.191 e. The number of hydrogen-bond acceptors (Lipinski definition) is 3. The normalized spacial score (nSPS) is 15.1. The number of guanidine groups is 1. The highest BCUT2D eigenvalue weighted by Gasteiger charge is 2.18. The van der Waals surface area contributed by atoms with Crippen LogP contribution >= 0.6 is 35.6 Å². The Morgan fingerprint density at radius 2 is 1.88 bits per heavy atom. The average molecular weight is 465 g/mol. The van der Waals surface area contributed by atoms with Crippen molar-refractivity contribution in [2.24, 2.45) is 10.7 Å². The van der Waals surface area contributed by atoms with Gasteiger partial charge in [-0.15, -0.1) is 30.6 Å². The lowest BCUT2D eigenvalue weighted by atomic mass is 10.2. The highest BCUT2D eigenvalue weighted by Crippen LogP contribution is 2.19. The summed E-state index contributed by atoms with van der Waals surface area (Å²) < 4.78 is 5.42. The van der Waals surface area contributed by atoms with E-state index in [0.717, 1.165) is 37.6 Å². The molecular formula is C17H26ClIN4O. The standard InChI is InChI=1S/C17H25ClN4O.HI/c1-2-3-13-23-14-8-20-17(19)22-11-9-21(10-12-22)16-6-4-15(18)5-7-16;/h2,4-7H,1,3,8-14H2,(H2,19,20);1H. The van der Waals surface area contributed by atoms with Gasteiger partial charge in [-0.05, 0) is 30.7 Å². The second-order valence-corrected chi connectivity index (χ2v) is 5.82. The van der Waals surface area contributed by atoms with Gasteiger partial charge in [0, 0.05) is 36.9 Å². The van der Waals surface area contributed by atoms with Crippen LogP contribution in [0.15, 0.2) is 41.9 Å². The van der Waals surface area contributed by atoms with Crippen LogP contribution in [0.25, 0.3) is 0 Å². The third-order valence-electron chi connectivity index (χ3n) is 3.77. The molecule has 0 saturated carbocycles. The van der Waals surface area contributed by atoms with Gasteiger partial charge in [0.15, 0.2) is 5.96 Å². The van der Waals surface area contributed by atoms with Crippen LogP contribution in [0.1, 0.15) is 6.42 Å². The van der Waals surface area contributed by atoms with Crippen LogP contribution in [0.2, 0.25) is 5.02 Å². The Labute approximate surface area is 166 Å². The van der Waals surface area contributed by atoms with Gasteiger partial charge < -0.3 is 20.3 Å². The van der Waals surface area contributed by atoms with Crippen molar-refractivity contribution < 1.29 is 4.74 Å². The number of hydrogen-bond donors (Lipinski definition) is 1. The van der Waals surface area contributed by atoms with Gasteiger partial charge in [0.05, 0.1) is 19.8 Å². The molecule has 0 atom stereocenters. The fraction of sp³-hybridized carbons (Fsp3) is 0.471. The molecule has 134 valence electrons. The molecule has 1 fully saturated rings. The van der Waals surface area contributed by atoms with Crippen molar-refractivity contribution in [3.8, 4) is 0 Å². The predicted octanol–water partition coefficient (Wildman–Crippen LogP) is 2.99. The van der Waals surface area contributed by atoms with Gasteiger partial charge >= 0.3 is 0 Å². The molecule has 0 bridgehead atoms. The first kappa shape index (κ1) is 21.1. The van der Waals surface area contributed by atoms with Crippen LogP contribution < -0.4 is 10.6 Å². The number of piperazine rings is 1. The maximum absolute atomic E-state index is 6.06. The van der Waals surface area contributed by atoms with E-state index in [1.165, 1.54) is 5.69 Å². The lowest BCUT2D eigenvalue weighted by Gasteiger charge is -2.36. The first-order chi connectivity index (χ1) is 11.2. The molecule has 0 unspecified atom stereocenters. The average Bonchev–Trinajstić information content (AvgIpc) is 2.58. The molecule has 0 radical (unpaired) electrons. The molecule has 1 aromatic rings. The molecule has 2 rings (SSSR count). The Morgan fingerprint density at radius 3 is 2.50 bits per heavy atom. The first-order valence-electron chi connectivity index (χ1n) is 7.94. The van der Waals surface area contributed by atoms with Crippen molar-refractivity contribution in [1.29, 1.82) is 0 Å². The fourth-order valence-electron chi connectivity index (χ4n) is 2.44. The topological polar surface area (TPSA) is 54.1 Å². The number of nitrogens with two attached hydrogens (primary N) is 1. The summed E-state index contributed by atoms with van der Waals surface area (Å²) >= 11 is 5.93. The number of halogens is 2. The minimum atomic E-state index is 0. The van der Waals surface area contributed by atoms with E-state index in [4.69, 9.17) is 22.1 Å². The highest BCUT2D eigenvalue weighted by atomic mass is 127. The summed E-state index contributed by atoms with van der Waals surface area (Å²) in [4.78, 5) is 8.84. The Bertz CT molecular complexity index is 516. The van der Waals surface area contributed by atoms with E-state index in [2.05, 4.69) is 33.5 Å². The van der Waals surface area contributed by atoms with Crippen LogP contribution in [-0.4, -0.2) is 56.8 Å². The van der Waals surface area contributed by atoms with Crippen molar-refractivity contribution in [2.45, 2.75) is 6.42 Å². The van der Waals surface area contributed by atoms with Crippen molar-refractivity contribution in [2.75, 3.05) is 50.8 Å². The van der Waals surface area contributed by atoms with E-state index in [9.17, 15) is 0 Å². The molecule has 5 nitrogen and oxygen atoms in total. The van der Waals surface area contributed by atoms with Crippen molar-refractivity contribution in [3.05, 3.63) is 41.9 Å². The highest BCUT2D eigenvalue weighted by molar-refractivity contribution is 14.0. The quantitative estimate of drug-likeness (QED) is 0.222. The van der Waals surface area contributed by atoms with E-state index < -0.39 is 0 Å². The third-order valence-corrected chi connectivity index (χ3v) is 4.02. The second-order valence-electron chi connectivity index (χ2n) is 5.38. The third kappa shape index (κ3) is 6.86. The zero-order chi connectivity index (χ0) is 16.5. The Hall–Kier alpha value is -0.990. The van der Waals surface area contributed by atoms with Gasteiger partial charge in [0.1, 0.15) is 0 Å². The number of aliphatic imine (C=N–C) groups is 1. The number of ether oxygens (including phenoxy) is 1. The molecule has 0 aromatic heterocycles. The molecule has 1 aliphatic heterocycles. The molecule has 7 heteroatoms. The summed E-state index contributed by atoms with van der Waals surface area (Å²) in [6.07, 6.45) is 2.71. The summed E-state index contributed by atoms with van der Waals surface area (Å²) in [5.74, 6) is 0.605. The first-order valence-corrected chi connectivity index (χ1v) is 8.32.